The maximum atomic E-state index is 11.3. The molecule has 0 spiro atoms. The molecule has 0 unspecified atom stereocenters. The van der Waals surface area contributed by atoms with Crippen molar-refractivity contribution in [1.82, 2.24) is 0 Å². The number of ether oxygens (including phenoxy) is 2. The molecule has 75 valence electrons. The molecule has 0 aliphatic rings. The lowest BCUT2D eigenvalue weighted by Gasteiger charge is -2.03. The van der Waals surface area contributed by atoms with Crippen LogP contribution in [0.3, 0.4) is 0 Å². The second-order valence-electron chi connectivity index (χ2n) is 2.72. The Kier molecular flexibility index (Phi) is 3.98. The average Bonchev–Trinajstić information content (AvgIpc) is 2.26. The summed E-state index contributed by atoms with van der Waals surface area (Å²) in [5, 5.41) is 0. The largest absolute Gasteiger partial charge is 0.497 e. The van der Waals surface area contributed by atoms with Gasteiger partial charge in [0.05, 0.1) is 19.3 Å². The molecular weight excluding hydrogens is 180 g/mol. The predicted molar refractivity (Wildman–Crippen MR) is 53.3 cm³/mol. The smallest absolute Gasteiger partial charge is 0.338 e. The maximum absolute atomic E-state index is 11.3. The van der Waals surface area contributed by atoms with Crippen LogP contribution in [0.25, 0.3) is 0 Å². The Morgan fingerprint density at radius 2 is 2.00 bits per heavy atom. The number of esters is 1. The van der Waals surface area contributed by atoms with E-state index in [1.807, 2.05) is 0 Å². The van der Waals surface area contributed by atoms with Crippen molar-refractivity contribution in [2.75, 3.05) is 13.7 Å². The van der Waals surface area contributed by atoms with E-state index >= 15 is 0 Å². The van der Waals surface area contributed by atoms with Crippen LogP contribution in [0.2, 0.25) is 0 Å². The number of hydrogen-bond acceptors (Lipinski definition) is 3. The highest BCUT2D eigenvalue weighted by atomic mass is 16.5. The minimum absolute atomic E-state index is 0.323. The number of rotatable bonds is 4. The number of methoxy groups -OCH3 is 1. The third-order valence-corrected chi connectivity index (χ3v) is 1.70. The highest BCUT2D eigenvalue weighted by Crippen LogP contribution is 2.11. The molecule has 0 heterocycles. The van der Waals surface area contributed by atoms with Crippen LogP contribution in [0.5, 0.6) is 5.75 Å². The molecule has 0 saturated carbocycles. The van der Waals surface area contributed by atoms with E-state index in [9.17, 15) is 4.79 Å². The quantitative estimate of drug-likeness (QED) is 0.687. The zero-order valence-electron chi connectivity index (χ0n) is 8.16. The van der Waals surface area contributed by atoms with Crippen LogP contribution < -0.4 is 4.74 Å². The fourth-order valence-corrected chi connectivity index (χ4v) is 0.975. The first-order valence-corrected chi connectivity index (χ1v) is 4.38. The summed E-state index contributed by atoms with van der Waals surface area (Å²) >= 11 is 0. The maximum Gasteiger partial charge on any atom is 0.338 e. The van der Waals surface area contributed by atoms with Crippen molar-refractivity contribution in [3.8, 4) is 5.75 Å². The van der Waals surface area contributed by atoms with Gasteiger partial charge in [-0.15, -0.1) is 0 Å². The van der Waals surface area contributed by atoms with Crippen molar-refractivity contribution >= 4 is 5.97 Å². The van der Waals surface area contributed by atoms with Crippen molar-refractivity contribution in [3.05, 3.63) is 36.8 Å². The molecule has 3 nitrogen and oxygen atoms in total. The molecular formula is C11H13O3. The van der Waals surface area contributed by atoms with E-state index in [4.69, 9.17) is 9.47 Å². The first-order chi connectivity index (χ1) is 6.77. The number of hydrogen-bond donors (Lipinski definition) is 0. The van der Waals surface area contributed by atoms with Crippen molar-refractivity contribution < 1.29 is 14.3 Å². The molecule has 0 fully saturated rings. The van der Waals surface area contributed by atoms with Crippen LogP contribution in [0.4, 0.5) is 0 Å². The molecule has 3 heteroatoms. The van der Waals surface area contributed by atoms with Crippen LogP contribution in [-0.2, 0) is 4.74 Å². The van der Waals surface area contributed by atoms with E-state index in [-0.39, 0.29) is 5.97 Å². The third-order valence-electron chi connectivity index (χ3n) is 1.70. The normalized spacial score (nSPS) is 9.57. The minimum atomic E-state index is -0.323. The SMILES string of the molecule is [CH2]CCOC(=O)c1ccc(OC)cc1. The number of benzene rings is 1. The highest BCUT2D eigenvalue weighted by molar-refractivity contribution is 5.89. The van der Waals surface area contributed by atoms with Crippen LogP contribution >= 0.6 is 0 Å². The first kappa shape index (κ1) is 10.6. The molecule has 14 heavy (non-hydrogen) atoms. The van der Waals surface area contributed by atoms with Crippen LogP contribution in [0.1, 0.15) is 16.8 Å². The molecule has 1 rings (SSSR count). The van der Waals surface area contributed by atoms with Gasteiger partial charge in [0.25, 0.3) is 0 Å². The Labute approximate surface area is 83.6 Å². The van der Waals surface area contributed by atoms with Gasteiger partial charge in [-0.2, -0.15) is 0 Å². The van der Waals surface area contributed by atoms with Gasteiger partial charge in [-0.05, 0) is 37.6 Å². The van der Waals surface area contributed by atoms with Gasteiger partial charge in [-0.1, -0.05) is 0 Å². The molecule has 0 amide bonds. The van der Waals surface area contributed by atoms with E-state index < -0.39 is 0 Å². The number of carbonyl (C=O) groups excluding carboxylic acids is 1. The summed E-state index contributed by atoms with van der Waals surface area (Å²) in [5.41, 5.74) is 0.527. The molecule has 1 radical (unpaired) electrons. The lowest BCUT2D eigenvalue weighted by Crippen LogP contribution is -2.05. The Bertz CT molecular complexity index is 290. The molecule has 0 atom stereocenters. The first-order valence-electron chi connectivity index (χ1n) is 4.38. The van der Waals surface area contributed by atoms with Crippen LogP contribution in [-0.4, -0.2) is 19.7 Å². The molecule has 0 aliphatic carbocycles. The summed E-state index contributed by atoms with van der Waals surface area (Å²) in [4.78, 5) is 11.3. The van der Waals surface area contributed by atoms with Gasteiger partial charge >= 0.3 is 5.97 Å². The summed E-state index contributed by atoms with van der Waals surface area (Å²) in [6.07, 6.45) is 0.585. The average molecular weight is 193 g/mol. The molecule has 0 saturated heterocycles. The molecule has 0 aromatic heterocycles. The Morgan fingerprint density at radius 3 is 2.50 bits per heavy atom. The minimum Gasteiger partial charge on any atom is -0.497 e. The topological polar surface area (TPSA) is 35.5 Å². The summed E-state index contributed by atoms with van der Waals surface area (Å²) in [6.45, 7) is 3.93. The summed E-state index contributed by atoms with van der Waals surface area (Å²) in [7, 11) is 1.58. The summed E-state index contributed by atoms with van der Waals surface area (Å²) < 4.78 is 9.88. The Balaban J connectivity index is 2.62. The number of carbonyl (C=O) groups is 1. The zero-order chi connectivity index (χ0) is 10.4. The van der Waals surface area contributed by atoms with Crippen molar-refractivity contribution in [2.24, 2.45) is 0 Å². The van der Waals surface area contributed by atoms with Gasteiger partial charge in [-0.25, -0.2) is 4.79 Å². The van der Waals surface area contributed by atoms with E-state index in [1.54, 1.807) is 31.4 Å². The molecule has 0 N–H and O–H groups in total. The second kappa shape index (κ2) is 5.27. The van der Waals surface area contributed by atoms with E-state index in [0.29, 0.717) is 18.6 Å². The lowest BCUT2D eigenvalue weighted by molar-refractivity contribution is 0.0511. The van der Waals surface area contributed by atoms with Crippen LogP contribution in [0, 0.1) is 6.92 Å². The second-order valence-corrected chi connectivity index (χ2v) is 2.72. The van der Waals surface area contributed by atoms with Gasteiger partial charge in [0.1, 0.15) is 5.75 Å². The fraction of sp³-hybridized carbons (Fsp3) is 0.273. The molecule has 0 bridgehead atoms. The van der Waals surface area contributed by atoms with E-state index in [2.05, 4.69) is 6.92 Å². The van der Waals surface area contributed by atoms with Gasteiger partial charge in [-0.3, -0.25) is 0 Å². The Hall–Kier alpha value is -1.51. The monoisotopic (exact) mass is 193 g/mol. The highest BCUT2D eigenvalue weighted by Gasteiger charge is 2.05. The molecule has 1 aromatic rings. The standard InChI is InChI=1S/C11H13O3/c1-3-8-14-11(12)9-4-6-10(13-2)7-5-9/h4-7H,1,3,8H2,2H3. The van der Waals surface area contributed by atoms with E-state index in [0.717, 1.165) is 5.75 Å². The summed E-state index contributed by atoms with van der Waals surface area (Å²) in [6, 6.07) is 6.79. The lowest BCUT2D eigenvalue weighted by atomic mass is 10.2. The van der Waals surface area contributed by atoms with Gasteiger partial charge < -0.3 is 9.47 Å². The predicted octanol–water partition coefficient (Wildman–Crippen LogP) is 2.08. The van der Waals surface area contributed by atoms with Crippen molar-refractivity contribution in [2.45, 2.75) is 6.42 Å². The third kappa shape index (κ3) is 2.76. The van der Waals surface area contributed by atoms with Gasteiger partial charge in [0.2, 0.25) is 0 Å². The van der Waals surface area contributed by atoms with Crippen molar-refractivity contribution in [3.63, 3.8) is 0 Å². The molecule has 0 aliphatic heterocycles. The fourth-order valence-electron chi connectivity index (χ4n) is 0.975. The van der Waals surface area contributed by atoms with Gasteiger partial charge in [0, 0.05) is 0 Å². The Morgan fingerprint density at radius 1 is 1.36 bits per heavy atom. The van der Waals surface area contributed by atoms with Crippen LogP contribution in [0.15, 0.2) is 24.3 Å². The zero-order valence-corrected chi connectivity index (χ0v) is 8.16. The van der Waals surface area contributed by atoms with Gasteiger partial charge in [0.15, 0.2) is 0 Å². The van der Waals surface area contributed by atoms with Crippen molar-refractivity contribution in [1.29, 1.82) is 0 Å². The van der Waals surface area contributed by atoms with E-state index in [1.165, 1.54) is 0 Å². The molecule has 1 aromatic carbocycles. The summed E-state index contributed by atoms with van der Waals surface area (Å²) in [5.74, 6) is 0.398.